The largest absolute Gasteiger partial charge is 0.486 e. The van der Waals surface area contributed by atoms with E-state index in [1.165, 1.54) is 0 Å². The number of piperidine rings is 1. The molecule has 6 nitrogen and oxygen atoms in total. The predicted molar refractivity (Wildman–Crippen MR) is 104 cm³/mol. The number of nitrogens with zero attached hydrogens (tertiary/aromatic N) is 4. The highest BCUT2D eigenvalue weighted by atomic mass is 35.5. The third-order valence-corrected chi connectivity index (χ3v) is 5.48. The highest BCUT2D eigenvalue weighted by molar-refractivity contribution is 6.32. The van der Waals surface area contributed by atoms with Gasteiger partial charge in [-0.1, -0.05) is 23.7 Å². The van der Waals surface area contributed by atoms with E-state index in [2.05, 4.69) is 19.8 Å². The Morgan fingerprint density at radius 3 is 2.58 bits per heavy atom. The van der Waals surface area contributed by atoms with Crippen molar-refractivity contribution in [1.29, 1.82) is 0 Å². The molecule has 26 heavy (non-hydrogen) atoms. The Hall–Kier alpha value is -2.05. The number of anilines is 2. The number of hydrogen-bond acceptors (Lipinski definition) is 6. The first kappa shape index (κ1) is 17.4. The minimum Gasteiger partial charge on any atom is -0.486 e. The number of aromatic nitrogens is 2. The van der Waals surface area contributed by atoms with Gasteiger partial charge in [0.1, 0.15) is 17.7 Å². The molecule has 0 aliphatic carbocycles. The second-order valence-corrected chi connectivity index (χ2v) is 7.48. The van der Waals surface area contributed by atoms with E-state index in [9.17, 15) is 0 Å². The highest BCUT2D eigenvalue weighted by Crippen LogP contribution is 2.29. The molecule has 0 saturated carbocycles. The Morgan fingerprint density at radius 1 is 1.15 bits per heavy atom. The normalized spacial score (nSPS) is 19.4. The second kappa shape index (κ2) is 7.29. The lowest BCUT2D eigenvalue weighted by molar-refractivity contribution is -0.0153. The first-order chi connectivity index (χ1) is 12.6. The quantitative estimate of drug-likeness (QED) is 0.888. The minimum absolute atomic E-state index is 0.234. The summed E-state index contributed by atoms with van der Waals surface area (Å²) >= 11 is 6.17. The van der Waals surface area contributed by atoms with E-state index in [1.54, 1.807) is 0 Å². The van der Waals surface area contributed by atoms with Gasteiger partial charge < -0.3 is 15.4 Å². The number of rotatable bonds is 4. The van der Waals surface area contributed by atoms with Crippen molar-refractivity contribution >= 4 is 23.4 Å². The maximum absolute atomic E-state index is 6.17. The summed E-state index contributed by atoms with van der Waals surface area (Å²) in [7, 11) is 0. The number of halogens is 1. The summed E-state index contributed by atoms with van der Waals surface area (Å²) in [6.45, 7) is 5.87. The second-order valence-electron chi connectivity index (χ2n) is 7.07. The zero-order chi connectivity index (χ0) is 18.1. The lowest BCUT2D eigenvalue weighted by atomic mass is 9.98. The van der Waals surface area contributed by atoms with Crippen LogP contribution in [0.4, 0.5) is 11.8 Å². The lowest BCUT2D eigenvalue weighted by Crippen LogP contribution is -2.59. The van der Waals surface area contributed by atoms with Crippen LogP contribution in [0.15, 0.2) is 30.3 Å². The van der Waals surface area contributed by atoms with Crippen LogP contribution in [0.2, 0.25) is 5.02 Å². The Kier molecular flexibility index (Phi) is 4.87. The molecule has 2 aliphatic rings. The summed E-state index contributed by atoms with van der Waals surface area (Å²) in [5, 5.41) is 0.679. The van der Waals surface area contributed by atoms with Crippen LogP contribution in [0.5, 0.6) is 5.75 Å². The molecule has 1 aromatic carbocycles. The molecule has 3 heterocycles. The number of likely N-dealkylation sites (tertiary alicyclic amines) is 1. The van der Waals surface area contributed by atoms with Crippen LogP contribution >= 0.6 is 11.6 Å². The molecular weight excluding hydrogens is 350 g/mol. The molecular formula is C19H24ClN5O. The van der Waals surface area contributed by atoms with E-state index in [-0.39, 0.29) is 6.10 Å². The highest BCUT2D eigenvalue weighted by Gasteiger charge is 2.35. The van der Waals surface area contributed by atoms with E-state index in [1.807, 2.05) is 37.3 Å². The van der Waals surface area contributed by atoms with Crippen LogP contribution in [0, 0.1) is 6.92 Å². The fraction of sp³-hybridized carbons (Fsp3) is 0.474. The molecule has 2 aliphatic heterocycles. The molecule has 2 N–H and O–H groups in total. The molecule has 4 rings (SSSR count). The molecule has 2 saturated heterocycles. The van der Waals surface area contributed by atoms with E-state index in [4.69, 9.17) is 22.1 Å². The van der Waals surface area contributed by atoms with Crippen LogP contribution in [-0.2, 0) is 0 Å². The first-order valence-corrected chi connectivity index (χ1v) is 9.47. The van der Waals surface area contributed by atoms with Crippen LogP contribution in [0.25, 0.3) is 0 Å². The van der Waals surface area contributed by atoms with Gasteiger partial charge in [0.05, 0.1) is 5.02 Å². The van der Waals surface area contributed by atoms with Crippen LogP contribution in [-0.4, -0.2) is 53.2 Å². The molecule has 0 spiro atoms. The predicted octanol–water partition coefficient (Wildman–Crippen LogP) is 2.75. The van der Waals surface area contributed by atoms with Gasteiger partial charge in [-0.2, -0.15) is 4.98 Å². The molecule has 7 heteroatoms. The van der Waals surface area contributed by atoms with Crippen LogP contribution < -0.4 is 15.4 Å². The zero-order valence-corrected chi connectivity index (χ0v) is 15.7. The van der Waals surface area contributed by atoms with Crippen LogP contribution in [0.3, 0.4) is 0 Å². The first-order valence-electron chi connectivity index (χ1n) is 9.10. The zero-order valence-electron chi connectivity index (χ0n) is 14.9. The molecule has 0 unspecified atom stereocenters. The Balaban J connectivity index is 1.27. The molecule has 0 bridgehead atoms. The molecule has 2 fully saturated rings. The number of hydrogen-bond donors (Lipinski definition) is 1. The van der Waals surface area contributed by atoms with Gasteiger partial charge in [-0.3, -0.25) is 4.90 Å². The van der Waals surface area contributed by atoms with Crippen molar-refractivity contribution in [2.24, 2.45) is 0 Å². The summed E-state index contributed by atoms with van der Waals surface area (Å²) in [4.78, 5) is 13.3. The van der Waals surface area contributed by atoms with Gasteiger partial charge in [-0.05, 0) is 31.9 Å². The Morgan fingerprint density at radius 2 is 1.88 bits per heavy atom. The molecule has 0 atom stereocenters. The maximum atomic E-state index is 6.17. The molecule has 2 aromatic rings. The Labute approximate surface area is 158 Å². The van der Waals surface area contributed by atoms with Crippen molar-refractivity contribution in [3.05, 3.63) is 41.0 Å². The molecule has 0 amide bonds. The van der Waals surface area contributed by atoms with Gasteiger partial charge in [0, 0.05) is 44.0 Å². The van der Waals surface area contributed by atoms with Gasteiger partial charge in [0.15, 0.2) is 0 Å². The van der Waals surface area contributed by atoms with E-state index >= 15 is 0 Å². The number of benzene rings is 1. The summed E-state index contributed by atoms with van der Waals surface area (Å²) in [5.74, 6) is 2.08. The molecule has 138 valence electrons. The number of nitrogens with two attached hydrogens (primary N) is 1. The van der Waals surface area contributed by atoms with Gasteiger partial charge in [-0.15, -0.1) is 0 Å². The summed E-state index contributed by atoms with van der Waals surface area (Å²) in [6.07, 6.45) is 2.49. The summed E-state index contributed by atoms with van der Waals surface area (Å²) in [5.41, 5.74) is 6.69. The molecule has 1 aromatic heterocycles. The molecule has 0 radical (unpaired) electrons. The van der Waals surface area contributed by atoms with Crippen molar-refractivity contribution < 1.29 is 4.74 Å². The van der Waals surface area contributed by atoms with Gasteiger partial charge in [0.2, 0.25) is 5.95 Å². The summed E-state index contributed by atoms with van der Waals surface area (Å²) < 4.78 is 6.00. The van der Waals surface area contributed by atoms with Crippen molar-refractivity contribution in [3.8, 4) is 5.75 Å². The monoisotopic (exact) mass is 373 g/mol. The Bertz CT molecular complexity index is 752. The number of nitrogen functional groups attached to an aromatic ring is 1. The smallest absolute Gasteiger partial charge is 0.222 e. The van der Waals surface area contributed by atoms with Crippen molar-refractivity contribution in [2.45, 2.75) is 31.9 Å². The maximum Gasteiger partial charge on any atom is 0.222 e. The number of ether oxygens (including phenoxy) is 1. The van der Waals surface area contributed by atoms with Gasteiger partial charge in [0.25, 0.3) is 0 Å². The fourth-order valence-electron chi connectivity index (χ4n) is 3.76. The van der Waals surface area contributed by atoms with Crippen molar-refractivity contribution in [3.63, 3.8) is 0 Å². The van der Waals surface area contributed by atoms with E-state index in [0.717, 1.165) is 56.3 Å². The average Bonchev–Trinajstić information content (AvgIpc) is 2.58. The van der Waals surface area contributed by atoms with Crippen molar-refractivity contribution in [1.82, 2.24) is 14.9 Å². The van der Waals surface area contributed by atoms with Gasteiger partial charge >= 0.3 is 0 Å². The third kappa shape index (κ3) is 3.71. The number of para-hydroxylation sites is 1. The standard InChI is InChI=1S/C19H24ClN5O/c1-13-10-18(23-19(21)22-13)24-8-6-14(7-9-24)25-11-15(12-25)26-17-5-3-2-4-16(17)20/h2-5,10,14-15H,6-9,11-12H2,1H3,(H2,21,22,23). The van der Waals surface area contributed by atoms with Gasteiger partial charge in [-0.25, -0.2) is 4.98 Å². The van der Waals surface area contributed by atoms with Crippen LogP contribution in [0.1, 0.15) is 18.5 Å². The average molecular weight is 374 g/mol. The lowest BCUT2D eigenvalue weighted by Gasteiger charge is -2.47. The minimum atomic E-state index is 0.234. The summed E-state index contributed by atoms with van der Waals surface area (Å²) in [6, 6.07) is 10.3. The SMILES string of the molecule is Cc1cc(N2CCC(N3CC(Oc4ccccc4Cl)C3)CC2)nc(N)n1. The van der Waals surface area contributed by atoms with Crippen molar-refractivity contribution in [2.75, 3.05) is 36.8 Å². The number of aryl methyl sites for hydroxylation is 1. The van der Waals surface area contributed by atoms with E-state index < -0.39 is 0 Å². The third-order valence-electron chi connectivity index (χ3n) is 5.17. The topological polar surface area (TPSA) is 67.5 Å². The fourth-order valence-corrected chi connectivity index (χ4v) is 3.94. The van der Waals surface area contributed by atoms with E-state index in [0.29, 0.717) is 17.0 Å².